The molecule has 0 aromatic heterocycles. The SMILES string of the molecule is COc1c(C#N)cc2ccccc2c1CN(C)C(=O)[C@@H](c1ccc(F)cc1)N1CCC(N2CCCC2)C1. The Morgan fingerprint density at radius 1 is 1.16 bits per heavy atom. The number of halogens is 1. The maximum atomic E-state index is 14.1. The van der Waals surface area contributed by atoms with Crippen LogP contribution in [0.15, 0.2) is 54.6 Å². The second kappa shape index (κ2) is 10.9. The van der Waals surface area contributed by atoms with Crippen molar-refractivity contribution in [1.29, 1.82) is 5.26 Å². The van der Waals surface area contributed by atoms with Crippen LogP contribution in [0.25, 0.3) is 10.8 Å². The zero-order valence-corrected chi connectivity index (χ0v) is 21.5. The zero-order chi connectivity index (χ0) is 25.9. The summed E-state index contributed by atoms with van der Waals surface area (Å²) in [5.41, 5.74) is 2.05. The van der Waals surface area contributed by atoms with E-state index in [1.165, 1.54) is 25.0 Å². The first-order valence-electron chi connectivity index (χ1n) is 13.0. The highest BCUT2D eigenvalue weighted by molar-refractivity contribution is 5.91. The number of carbonyl (C=O) groups excluding carboxylic acids is 1. The number of likely N-dealkylation sites (N-methyl/N-ethyl adjacent to an activating group) is 1. The van der Waals surface area contributed by atoms with E-state index < -0.39 is 6.04 Å². The third-order valence-corrected chi connectivity index (χ3v) is 7.84. The molecule has 0 aliphatic carbocycles. The van der Waals surface area contributed by atoms with E-state index in [0.717, 1.165) is 54.5 Å². The molecule has 1 unspecified atom stereocenters. The second-order valence-electron chi connectivity index (χ2n) is 10.1. The van der Waals surface area contributed by atoms with E-state index in [4.69, 9.17) is 4.74 Å². The van der Waals surface area contributed by atoms with E-state index >= 15 is 0 Å². The fraction of sp³-hybridized carbons (Fsp3) is 0.400. The van der Waals surface area contributed by atoms with Crippen molar-refractivity contribution in [3.63, 3.8) is 0 Å². The largest absolute Gasteiger partial charge is 0.495 e. The lowest BCUT2D eigenvalue weighted by Crippen LogP contribution is -2.42. The highest BCUT2D eigenvalue weighted by atomic mass is 19.1. The molecule has 37 heavy (non-hydrogen) atoms. The molecule has 1 amide bonds. The lowest BCUT2D eigenvalue weighted by molar-refractivity contribution is -0.136. The number of likely N-dealkylation sites (tertiary alicyclic amines) is 2. The summed E-state index contributed by atoms with van der Waals surface area (Å²) in [6.45, 7) is 4.17. The Morgan fingerprint density at radius 3 is 2.59 bits per heavy atom. The van der Waals surface area contributed by atoms with E-state index in [0.29, 0.717) is 23.9 Å². The summed E-state index contributed by atoms with van der Waals surface area (Å²) in [6, 6.07) is 18.1. The minimum absolute atomic E-state index is 0.0535. The molecule has 7 heteroatoms. The highest BCUT2D eigenvalue weighted by Crippen LogP contribution is 2.35. The molecule has 5 rings (SSSR count). The molecule has 2 aliphatic heterocycles. The van der Waals surface area contributed by atoms with Gasteiger partial charge in [-0.3, -0.25) is 14.6 Å². The number of methoxy groups -OCH3 is 1. The van der Waals surface area contributed by atoms with Crippen molar-refractivity contribution in [2.24, 2.45) is 0 Å². The number of ether oxygens (including phenoxy) is 1. The number of hydrogen-bond acceptors (Lipinski definition) is 5. The van der Waals surface area contributed by atoms with Gasteiger partial charge in [0.15, 0.2) is 0 Å². The van der Waals surface area contributed by atoms with Gasteiger partial charge in [0.25, 0.3) is 0 Å². The number of carbonyl (C=O) groups is 1. The Hall–Kier alpha value is -3.47. The summed E-state index contributed by atoms with van der Waals surface area (Å²) in [5.74, 6) is 0.126. The Labute approximate surface area is 217 Å². The van der Waals surface area contributed by atoms with Crippen LogP contribution in [-0.2, 0) is 11.3 Å². The standard InChI is InChI=1S/C30H33FN4O2/c1-33(20-27-26-8-4-3-7-22(26)17-23(18-32)29(27)37-2)30(36)28(21-9-11-24(31)12-10-21)35-16-13-25(19-35)34-14-5-6-15-34/h3-4,7-12,17,25,28H,5-6,13-16,19-20H2,1-2H3/t25?,28-/m1/s1. The number of nitrogens with zero attached hydrogens (tertiary/aromatic N) is 4. The van der Waals surface area contributed by atoms with Crippen LogP contribution < -0.4 is 4.74 Å². The van der Waals surface area contributed by atoms with Gasteiger partial charge in [-0.15, -0.1) is 0 Å². The van der Waals surface area contributed by atoms with Gasteiger partial charge in [-0.25, -0.2) is 4.39 Å². The molecule has 2 aliphatic rings. The second-order valence-corrected chi connectivity index (χ2v) is 10.1. The first kappa shape index (κ1) is 25.2. The monoisotopic (exact) mass is 500 g/mol. The number of fused-ring (bicyclic) bond motifs is 1. The number of rotatable bonds is 7. The fourth-order valence-electron chi connectivity index (χ4n) is 5.96. The Bertz CT molecular complexity index is 1310. The Balaban J connectivity index is 1.46. The first-order chi connectivity index (χ1) is 18.0. The predicted molar refractivity (Wildman–Crippen MR) is 142 cm³/mol. The predicted octanol–water partition coefficient (Wildman–Crippen LogP) is 4.73. The maximum absolute atomic E-state index is 14.1. The van der Waals surface area contributed by atoms with Gasteiger partial charge in [0.05, 0.1) is 12.7 Å². The van der Waals surface area contributed by atoms with Crippen LogP contribution in [0.5, 0.6) is 5.75 Å². The first-order valence-corrected chi connectivity index (χ1v) is 13.0. The van der Waals surface area contributed by atoms with Crippen LogP contribution in [0.2, 0.25) is 0 Å². The molecule has 2 fully saturated rings. The lowest BCUT2D eigenvalue weighted by atomic mass is 9.98. The Kier molecular flexibility index (Phi) is 7.40. The average molecular weight is 501 g/mol. The van der Waals surface area contributed by atoms with Gasteiger partial charge in [-0.05, 0) is 66.9 Å². The molecule has 0 saturated carbocycles. The van der Waals surface area contributed by atoms with Gasteiger partial charge in [-0.2, -0.15) is 5.26 Å². The molecule has 6 nitrogen and oxygen atoms in total. The third-order valence-electron chi connectivity index (χ3n) is 7.84. The van der Waals surface area contributed by atoms with Crippen molar-refractivity contribution in [2.45, 2.75) is 37.9 Å². The molecule has 3 aromatic carbocycles. The topological polar surface area (TPSA) is 59.8 Å². The van der Waals surface area contributed by atoms with Crippen molar-refractivity contribution in [1.82, 2.24) is 14.7 Å². The van der Waals surface area contributed by atoms with Gasteiger partial charge in [-0.1, -0.05) is 36.4 Å². The van der Waals surface area contributed by atoms with E-state index in [2.05, 4.69) is 15.9 Å². The van der Waals surface area contributed by atoms with Crippen molar-refractivity contribution in [2.75, 3.05) is 40.3 Å². The molecular weight excluding hydrogens is 467 g/mol. The van der Waals surface area contributed by atoms with Crippen LogP contribution in [0.1, 0.15) is 42.0 Å². The summed E-state index contributed by atoms with van der Waals surface area (Å²) in [5, 5.41) is 11.6. The molecular formula is C30H33FN4O2. The van der Waals surface area contributed by atoms with Crippen LogP contribution in [0, 0.1) is 17.1 Å². The molecule has 0 spiro atoms. The summed E-state index contributed by atoms with van der Waals surface area (Å²) in [4.78, 5) is 20.6. The molecule has 2 saturated heterocycles. The van der Waals surface area contributed by atoms with Gasteiger partial charge >= 0.3 is 0 Å². The summed E-state index contributed by atoms with van der Waals surface area (Å²) in [7, 11) is 3.35. The van der Waals surface area contributed by atoms with Gasteiger partial charge < -0.3 is 9.64 Å². The van der Waals surface area contributed by atoms with E-state index in [9.17, 15) is 14.4 Å². The van der Waals surface area contributed by atoms with E-state index in [1.807, 2.05) is 30.3 Å². The van der Waals surface area contributed by atoms with Crippen molar-refractivity contribution < 1.29 is 13.9 Å². The quantitative estimate of drug-likeness (QED) is 0.470. The van der Waals surface area contributed by atoms with Crippen molar-refractivity contribution >= 4 is 16.7 Å². The highest BCUT2D eigenvalue weighted by Gasteiger charge is 2.37. The van der Waals surface area contributed by atoms with Gasteiger partial charge in [0.1, 0.15) is 23.7 Å². The van der Waals surface area contributed by atoms with Gasteiger partial charge in [0.2, 0.25) is 5.91 Å². The summed E-state index contributed by atoms with van der Waals surface area (Å²) >= 11 is 0. The number of amides is 1. The van der Waals surface area contributed by atoms with Crippen LogP contribution in [0.4, 0.5) is 4.39 Å². The molecule has 0 bridgehead atoms. The van der Waals surface area contributed by atoms with Crippen LogP contribution in [-0.4, -0.2) is 67.0 Å². The van der Waals surface area contributed by atoms with Crippen molar-refractivity contribution in [3.05, 3.63) is 77.1 Å². The van der Waals surface area contributed by atoms with Crippen molar-refractivity contribution in [3.8, 4) is 11.8 Å². The number of hydrogen-bond donors (Lipinski definition) is 0. The average Bonchev–Trinajstić information content (AvgIpc) is 3.62. The fourth-order valence-corrected chi connectivity index (χ4v) is 5.96. The van der Waals surface area contributed by atoms with Gasteiger partial charge in [0, 0.05) is 38.3 Å². The van der Waals surface area contributed by atoms with Crippen LogP contribution >= 0.6 is 0 Å². The van der Waals surface area contributed by atoms with E-state index in [-0.39, 0.29) is 11.7 Å². The normalized spacial score (nSPS) is 19.1. The maximum Gasteiger partial charge on any atom is 0.244 e. The molecule has 0 radical (unpaired) electrons. The zero-order valence-electron chi connectivity index (χ0n) is 21.5. The summed E-state index contributed by atoms with van der Waals surface area (Å²) < 4.78 is 19.5. The number of nitriles is 1. The lowest BCUT2D eigenvalue weighted by Gasteiger charge is -2.32. The molecule has 0 N–H and O–H groups in total. The minimum Gasteiger partial charge on any atom is -0.495 e. The minimum atomic E-state index is -0.505. The van der Waals surface area contributed by atoms with Crippen LogP contribution in [0.3, 0.4) is 0 Å². The molecule has 2 atom stereocenters. The number of benzene rings is 3. The third kappa shape index (κ3) is 5.04. The molecule has 3 aromatic rings. The summed E-state index contributed by atoms with van der Waals surface area (Å²) in [6.07, 6.45) is 3.49. The van der Waals surface area contributed by atoms with E-state index in [1.54, 1.807) is 31.2 Å². The smallest absolute Gasteiger partial charge is 0.244 e. The Morgan fingerprint density at radius 2 is 1.89 bits per heavy atom. The molecule has 2 heterocycles. The molecule has 192 valence electrons.